The number of amides is 1. The standard InChI is InChI=1S/C13H18N2O/c1-3-5-12(14)8-11-6-4-7-13(9-11)15-10(2)16/h4,6-7,9,14H,3,5,8H2,1-2H3,(H,15,16). The van der Waals surface area contributed by atoms with Crippen LogP contribution in [0.25, 0.3) is 0 Å². The lowest BCUT2D eigenvalue weighted by atomic mass is 10.0. The Hall–Kier alpha value is -1.64. The van der Waals surface area contributed by atoms with Gasteiger partial charge < -0.3 is 10.7 Å². The molecule has 0 aromatic heterocycles. The van der Waals surface area contributed by atoms with Crippen molar-refractivity contribution in [1.82, 2.24) is 0 Å². The van der Waals surface area contributed by atoms with E-state index in [1.165, 1.54) is 6.92 Å². The summed E-state index contributed by atoms with van der Waals surface area (Å²) in [5.41, 5.74) is 2.61. The first-order chi connectivity index (χ1) is 7.61. The van der Waals surface area contributed by atoms with Crippen LogP contribution in [0.4, 0.5) is 5.69 Å². The van der Waals surface area contributed by atoms with Crippen LogP contribution in [-0.2, 0) is 11.2 Å². The molecule has 0 saturated carbocycles. The van der Waals surface area contributed by atoms with Gasteiger partial charge in [-0.2, -0.15) is 0 Å². The summed E-state index contributed by atoms with van der Waals surface area (Å²) in [7, 11) is 0. The number of anilines is 1. The van der Waals surface area contributed by atoms with Crippen LogP contribution in [-0.4, -0.2) is 11.6 Å². The maximum absolute atomic E-state index is 10.9. The molecule has 2 N–H and O–H groups in total. The van der Waals surface area contributed by atoms with Crippen LogP contribution in [0.3, 0.4) is 0 Å². The van der Waals surface area contributed by atoms with Crippen molar-refractivity contribution < 1.29 is 4.79 Å². The molecular formula is C13H18N2O. The lowest BCUT2D eigenvalue weighted by Crippen LogP contribution is -2.06. The SMILES string of the molecule is CCCC(=N)Cc1cccc(NC(C)=O)c1. The van der Waals surface area contributed by atoms with Crippen molar-refractivity contribution >= 4 is 17.3 Å². The van der Waals surface area contributed by atoms with Crippen molar-refractivity contribution in [2.24, 2.45) is 0 Å². The van der Waals surface area contributed by atoms with E-state index in [1.807, 2.05) is 24.3 Å². The van der Waals surface area contributed by atoms with Gasteiger partial charge in [0.1, 0.15) is 0 Å². The zero-order valence-corrected chi connectivity index (χ0v) is 9.84. The van der Waals surface area contributed by atoms with Gasteiger partial charge in [-0.25, -0.2) is 0 Å². The second kappa shape index (κ2) is 6.05. The van der Waals surface area contributed by atoms with E-state index >= 15 is 0 Å². The second-order valence-electron chi connectivity index (χ2n) is 3.91. The maximum Gasteiger partial charge on any atom is 0.221 e. The van der Waals surface area contributed by atoms with Gasteiger partial charge in [-0.15, -0.1) is 0 Å². The molecule has 0 aliphatic carbocycles. The van der Waals surface area contributed by atoms with E-state index in [9.17, 15) is 4.79 Å². The van der Waals surface area contributed by atoms with Crippen molar-refractivity contribution in [3.63, 3.8) is 0 Å². The van der Waals surface area contributed by atoms with Crippen LogP contribution in [0.5, 0.6) is 0 Å². The molecule has 0 spiro atoms. The zero-order chi connectivity index (χ0) is 12.0. The average Bonchev–Trinajstić information content (AvgIpc) is 2.17. The Kier molecular flexibility index (Phi) is 4.70. The molecule has 1 amide bonds. The molecule has 0 atom stereocenters. The summed E-state index contributed by atoms with van der Waals surface area (Å²) in [6.45, 7) is 3.56. The molecule has 0 aliphatic rings. The van der Waals surface area contributed by atoms with Gasteiger partial charge in [0, 0.05) is 24.7 Å². The molecule has 0 unspecified atom stereocenters. The van der Waals surface area contributed by atoms with Crippen LogP contribution < -0.4 is 5.32 Å². The summed E-state index contributed by atoms with van der Waals surface area (Å²) in [4.78, 5) is 10.9. The monoisotopic (exact) mass is 218 g/mol. The topological polar surface area (TPSA) is 53.0 Å². The Morgan fingerprint density at radius 3 is 2.81 bits per heavy atom. The first-order valence-corrected chi connectivity index (χ1v) is 5.54. The predicted octanol–water partition coefficient (Wildman–Crippen LogP) is 3.01. The quantitative estimate of drug-likeness (QED) is 0.733. The number of nitrogens with one attached hydrogen (secondary N) is 2. The van der Waals surface area contributed by atoms with Gasteiger partial charge in [0.05, 0.1) is 0 Å². The fraction of sp³-hybridized carbons (Fsp3) is 0.385. The molecule has 0 heterocycles. The normalized spacial score (nSPS) is 9.88. The largest absolute Gasteiger partial charge is 0.326 e. The van der Waals surface area contributed by atoms with E-state index < -0.39 is 0 Å². The summed E-state index contributed by atoms with van der Waals surface area (Å²) < 4.78 is 0. The second-order valence-corrected chi connectivity index (χ2v) is 3.91. The zero-order valence-electron chi connectivity index (χ0n) is 9.84. The molecule has 0 saturated heterocycles. The van der Waals surface area contributed by atoms with Gasteiger partial charge in [0.15, 0.2) is 0 Å². The number of hydrogen-bond acceptors (Lipinski definition) is 2. The van der Waals surface area contributed by atoms with Gasteiger partial charge in [-0.3, -0.25) is 4.79 Å². The number of rotatable bonds is 5. The first kappa shape index (κ1) is 12.4. The lowest BCUT2D eigenvalue weighted by molar-refractivity contribution is -0.114. The molecule has 0 bridgehead atoms. The minimum absolute atomic E-state index is 0.0687. The first-order valence-electron chi connectivity index (χ1n) is 5.54. The third kappa shape index (κ3) is 4.26. The average molecular weight is 218 g/mol. The molecule has 0 fully saturated rings. The number of hydrogen-bond donors (Lipinski definition) is 2. The molecule has 3 heteroatoms. The molecule has 3 nitrogen and oxygen atoms in total. The predicted molar refractivity (Wildman–Crippen MR) is 67.1 cm³/mol. The summed E-state index contributed by atoms with van der Waals surface area (Å²) in [5, 5.41) is 10.5. The van der Waals surface area contributed by atoms with Gasteiger partial charge in [-0.1, -0.05) is 25.5 Å². The fourth-order valence-corrected chi connectivity index (χ4v) is 1.60. The van der Waals surface area contributed by atoms with Crippen LogP contribution in [0.2, 0.25) is 0 Å². The maximum atomic E-state index is 10.9. The van der Waals surface area contributed by atoms with Crippen molar-refractivity contribution in [3.05, 3.63) is 29.8 Å². The highest BCUT2D eigenvalue weighted by Gasteiger charge is 2.01. The summed E-state index contributed by atoms with van der Waals surface area (Å²) in [5.74, 6) is -0.0687. The van der Waals surface area contributed by atoms with Crippen LogP contribution in [0, 0.1) is 5.41 Å². The number of carbonyl (C=O) groups excluding carboxylic acids is 1. The minimum atomic E-state index is -0.0687. The summed E-state index contributed by atoms with van der Waals surface area (Å²) in [6.07, 6.45) is 2.51. The van der Waals surface area contributed by atoms with Crippen LogP contribution >= 0.6 is 0 Å². The van der Waals surface area contributed by atoms with Gasteiger partial charge in [0.2, 0.25) is 5.91 Å². The molecule has 0 radical (unpaired) electrons. The minimum Gasteiger partial charge on any atom is -0.326 e. The molecule has 16 heavy (non-hydrogen) atoms. The fourth-order valence-electron chi connectivity index (χ4n) is 1.60. The van der Waals surface area contributed by atoms with E-state index in [2.05, 4.69) is 12.2 Å². The third-order valence-corrected chi connectivity index (χ3v) is 2.22. The van der Waals surface area contributed by atoms with Crippen LogP contribution in [0.15, 0.2) is 24.3 Å². The molecule has 1 aromatic carbocycles. The molecule has 1 aromatic rings. The smallest absolute Gasteiger partial charge is 0.221 e. The van der Waals surface area contributed by atoms with E-state index in [0.29, 0.717) is 6.42 Å². The highest BCUT2D eigenvalue weighted by Crippen LogP contribution is 2.12. The number of carbonyl (C=O) groups is 1. The molecule has 86 valence electrons. The summed E-state index contributed by atoms with van der Waals surface area (Å²) >= 11 is 0. The third-order valence-electron chi connectivity index (χ3n) is 2.22. The van der Waals surface area contributed by atoms with Crippen molar-refractivity contribution in [2.45, 2.75) is 33.1 Å². The van der Waals surface area contributed by atoms with Gasteiger partial charge >= 0.3 is 0 Å². The highest BCUT2D eigenvalue weighted by atomic mass is 16.1. The Bertz CT molecular complexity index is 385. The van der Waals surface area contributed by atoms with E-state index in [0.717, 1.165) is 29.8 Å². The van der Waals surface area contributed by atoms with E-state index in [-0.39, 0.29) is 5.91 Å². The lowest BCUT2D eigenvalue weighted by Gasteiger charge is -2.06. The number of benzene rings is 1. The van der Waals surface area contributed by atoms with Crippen molar-refractivity contribution in [2.75, 3.05) is 5.32 Å². The highest BCUT2D eigenvalue weighted by molar-refractivity contribution is 5.89. The Morgan fingerprint density at radius 1 is 1.44 bits per heavy atom. The van der Waals surface area contributed by atoms with E-state index in [4.69, 9.17) is 5.41 Å². The molecule has 0 aliphatic heterocycles. The van der Waals surface area contributed by atoms with Crippen molar-refractivity contribution in [3.8, 4) is 0 Å². The Morgan fingerprint density at radius 2 is 2.19 bits per heavy atom. The Labute approximate surface area is 96.4 Å². The summed E-state index contributed by atoms with van der Waals surface area (Å²) in [6, 6.07) is 7.66. The Balaban J connectivity index is 2.67. The van der Waals surface area contributed by atoms with E-state index in [1.54, 1.807) is 0 Å². The van der Waals surface area contributed by atoms with Crippen molar-refractivity contribution in [1.29, 1.82) is 5.41 Å². The van der Waals surface area contributed by atoms with Crippen LogP contribution in [0.1, 0.15) is 32.3 Å². The van der Waals surface area contributed by atoms with Gasteiger partial charge in [-0.05, 0) is 24.1 Å². The molecule has 1 rings (SSSR count). The molecular weight excluding hydrogens is 200 g/mol. The van der Waals surface area contributed by atoms with Gasteiger partial charge in [0.25, 0.3) is 0 Å².